The van der Waals surface area contributed by atoms with Crippen LogP contribution in [0.5, 0.6) is 0 Å². The highest BCUT2D eigenvalue weighted by molar-refractivity contribution is 5.66. The van der Waals surface area contributed by atoms with Crippen molar-refractivity contribution in [3.05, 3.63) is 35.9 Å². The second kappa shape index (κ2) is 18.7. The second-order valence-corrected chi connectivity index (χ2v) is 8.75. The molecule has 2 unspecified atom stereocenters. The fraction of sp³-hybridized carbons (Fsp3) is 0.704. The first-order chi connectivity index (χ1) is 15.5. The monoisotopic (exact) mass is 448 g/mol. The summed E-state index contributed by atoms with van der Waals surface area (Å²) in [5.41, 5.74) is 1.19. The standard InChI is InChI=1S/C27H44O5/c1-3-25(32-23(2)28)20-21-26(31-22-24-16-12-11-13-17-24)18-14-9-7-5-4-6-8-10-15-19-27(29)30/h11-13,16-17,25-26H,3-10,14-15,18-22H2,1-2H3,(H,29,30). The van der Waals surface area contributed by atoms with E-state index in [9.17, 15) is 9.59 Å². The van der Waals surface area contributed by atoms with E-state index in [2.05, 4.69) is 19.1 Å². The number of rotatable bonds is 20. The zero-order valence-corrected chi connectivity index (χ0v) is 20.2. The molecule has 32 heavy (non-hydrogen) atoms. The number of unbranched alkanes of at least 4 members (excludes halogenated alkanes) is 8. The Kier molecular flexibility index (Phi) is 16.4. The average molecular weight is 449 g/mol. The first kappa shape index (κ1) is 28.2. The van der Waals surface area contributed by atoms with Gasteiger partial charge in [-0.05, 0) is 37.7 Å². The Morgan fingerprint density at radius 2 is 1.38 bits per heavy atom. The van der Waals surface area contributed by atoms with Crippen LogP contribution >= 0.6 is 0 Å². The number of hydrogen-bond acceptors (Lipinski definition) is 4. The molecule has 0 aliphatic heterocycles. The molecule has 1 N–H and O–H groups in total. The van der Waals surface area contributed by atoms with Crippen molar-refractivity contribution in [3.8, 4) is 0 Å². The largest absolute Gasteiger partial charge is 0.481 e. The number of ether oxygens (including phenoxy) is 2. The number of esters is 1. The SMILES string of the molecule is CCC(CCC(CCCCCCCCCCCC(=O)O)OCc1ccccc1)OC(C)=O. The number of carboxylic acids is 1. The van der Waals surface area contributed by atoms with Crippen LogP contribution in [0.15, 0.2) is 30.3 Å². The molecule has 2 atom stereocenters. The molecule has 0 saturated carbocycles. The number of benzene rings is 1. The van der Waals surface area contributed by atoms with Gasteiger partial charge in [0.25, 0.3) is 0 Å². The Morgan fingerprint density at radius 3 is 1.94 bits per heavy atom. The molecule has 0 fully saturated rings. The molecule has 0 aliphatic carbocycles. The van der Waals surface area contributed by atoms with Crippen LogP contribution in [0.4, 0.5) is 0 Å². The van der Waals surface area contributed by atoms with Crippen LogP contribution in [-0.2, 0) is 25.7 Å². The van der Waals surface area contributed by atoms with Gasteiger partial charge in [-0.1, -0.05) is 88.6 Å². The van der Waals surface area contributed by atoms with Crippen molar-refractivity contribution >= 4 is 11.9 Å². The highest BCUT2D eigenvalue weighted by Crippen LogP contribution is 2.19. The molecule has 5 nitrogen and oxygen atoms in total. The summed E-state index contributed by atoms with van der Waals surface area (Å²) >= 11 is 0. The first-order valence-electron chi connectivity index (χ1n) is 12.6. The summed E-state index contributed by atoms with van der Waals surface area (Å²) < 4.78 is 11.7. The quantitative estimate of drug-likeness (QED) is 0.171. The van der Waals surface area contributed by atoms with Gasteiger partial charge in [0.2, 0.25) is 0 Å². The maximum absolute atomic E-state index is 11.3. The van der Waals surface area contributed by atoms with Gasteiger partial charge >= 0.3 is 11.9 Å². The van der Waals surface area contributed by atoms with E-state index in [1.807, 2.05) is 18.2 Å². The molecule has 1 aromatic rings. The van der Waals surface area contributed by atoms with Crippen molar-refractivity contribution in [2.24, 2.45) is 0 Å². The van der Waals surface area contributed by atoms with E-state index in [1.54, 1.807) is 0 Å². The molecule has 0 radical (unpaired) electrons. The van der Waals surface area contributed by atoms with Crippen molar-refractivity contribution in [2.45, 2.75) is 123 Å². The minimum absolute atomic E-state index is 0.0224. The fourth-order valence-corrected chi connectivity index (χ4v) is 3.94. The molecule has 182 valence electrons. The number of hydrogen-bond donors (Lipinski definition) is 1. The predicted octanol–water partition coefficient (Wildman–Crippen LogP) is 7.07. The van der Waals surface area contributed by atoms with E-state index in [-0.39, 0.29) is 18.2 Å². The van der Waals surface area contributed by atoms with E-state index in [4.69, 9.17) is 14.6 Å². The summed E-state index contributed by atoms with van der Waals surface area (Å²) in [5.74, 6) is -0.895. The molecular formula is C27H44O5. The topological polar surface area (TPSA) is 72.8 Å². The van der Waals surface area contributed by atoms with Gasteiger partial charge in [0.1, 0.15) is 6.10 Å². The molecule has 0 aliphatic rings. The van der Waals surface area contributed by atoms with Gasteiger partial charge in [-0.2, -0.15) is 0 Å². The third kappa shape index (κ3) is 15.9. The van der Waals surface area contributed by atoms with Crippen molar-refractivity contribution < 1.29 is 24.2 Å². The highest BCUT2D eigenvalue weighted by Gasteiger charge is 2.15. The van der Waals surface area contributed by atoms with Crippen LogP contribution in [0.3, 0.4) is 0 Å². The molecule has 0 bridgehead atoms. The fourth-order valence-electron chi connectivity index (χ4n) is 3.94. The van der Waals surface area contributed by atoms with E-state index in [0.29, 0.717) is 13.0 Å². The molecule has 0 aromatic heterocycles. The van der Waals surface area contributed by atoms with Gasteiger partial charge in [0.05, 0.1) is 12.7 Å². The number of aliphatic carboxylic acids is 1. The number of carbonyl (C=O) groups excluding carboxylic acids is 1. The lowest BCUT2D eigenvalue weighted by Crippen LogP contribution is -2.20. The maximum atomic E-state index is 11.3. The zero-order valence-electron chi connectivity index (χ0n) is 20.2. The summed E-state index contributed by atoms with van der Waals surface area (Å²) in [6, 6.07) is 10.3. The van der Waals surface area contributed by atoms with Gasteiger partial charge in [0, 0.05) is 13.3 Å². The normalized spacial score (nSPS) is 12.9. The third-order valence-corrected chi connectivity index (χ3v) is 5.84. The molecule has 5 heteroatoms. The van der Waals surface area contributed by atoms with Crippen LogP contribution in [0.25, 0.3) is 0 Å². The lowest BCUT2D eigenvalue weighted by atomic mass is 10.0. The first-order valence-corrected chi connectivity index (χ1v) is 12.6. The van der Waals surface area contributed by atoms with Crippen molar-refractivity contribution in [2.75, 3.05) is 0 Å². The van der Waals surface area contributed by atoms with Crippen molar-refractivity contribution in [1.29, 1.82) is 0 Å². The maximum Gasteiger partial charge on any atom is 0.303 e. The van der Waals surface area contributed by atoms with Gasteiger partial charge in [-0.3, -0.25) is 9.59 Å². The summed E-state index contributed by atoms with van der Waals surface area (Å²) in [7, 11) is 0. The Balaban J connectivity index is 2.24. The highest BCUT2D eigenvalue weighted by atomic mass is 16.5. The van der Waals surface area contributed by atoms with Crippen LogP contribution in [0, 0.1) is 0 Å². The van der Waals surface area contributed by atoms with Gasteiger partial charge in [-0.25, -0.2) is 0 Å². The molecule has 0 spiro atoms. The van der Waals surface area contributed by atoms with Crippen LogP contribution in [0.2, 0.25) is 0 Å². The summed E-state index contributed by atoms with van der Waals surface area (Å²) in [5, 5.41) is 8.65. The molecule has 0 saturated heterocycles. The minimum Gasteiger partial charge on any atom is -0.481 e. The Morgan fingerprint density at radius 1 is 0.812 bits per heavy atom. The Bertz CT molecular complexity index is 601. The summed E-state index contributed by atoms with van der Waals surface area (Å²) in [6.45, 7) is 4.15. The van der Waals surface area contributed by atoms with Crippen LogP contribution < -0.4 is 0 Å². The lowest BCUT2D eigenvalue weighted by Gasteiger charge is -2.21. The van der Waals surface area contributed by atoms with E-state index >= 15 is 0 Å². The minimum atomic E-state index is -0.687. The molecule has 0 heterocycles. The van der Waals surface area contributed by atoms with Crippen LogP contribution in [-0.4, -0.2) is 29.3 Å². The average Bonchev–Trinajstić information content (AvgIpc) is 2.77. The molecule has 1 aromatic carbocycles. The third-order valence-electron chi connectivity index (χ3n) is 5.84. The van der Waals surface area contributed by atoms with Crippen molar-refractivity contribution in [3.63, 3.8) is 0 Å². The van der Waals surface area contributed by atoms with Gasteiger partial charge in [-0.15, -0.1) is 0 Å². The van der Waals surface area contributed by atoms with E-state index in [1.165, 1.54) is 44.6 Å². The summed E-state index contributed by atoms with van der Waals surface area (Å²) in [4.78, 5) is 21.8. The van der Waals surface area contributed by atoms with Crippen molar-refractivity contribution in [1.82, 2.24) is 0 Å². The molecule has 0 amide bonds. The van der Waals surface area contributed by atoms with E-state index < -0.39 is 5.97 Å². The smallest absolute Gasteiger partial charge is 0.303 e. The zero-order chi connectivity index (χ0) is 23.4. The number of carboxylic acid groups (broad SMARTS) is 1. The predicted molar refractivity (Wildman–Crippen MR) is 129 cm³/mol. The van der Waals surface area contributed by atoms with E-state index in [0.717, 1.165) is 51.4 Å². The van der Waals surface area contributed by atoms with Gasteiger partial charge in [0.15, 0.2) is 0 Å². The number of carbonyl (C=O) groups is 2. The molecular weight excluding hydrogens is 404 g/mol. The molecule has 1 rings (SSSR count). The van der Waals surface area contributed by atoms with Gasteiger partial charge < -0.3 is 14.6 Å². The Hall–Kier alpha value is -1.88. The van der Waals surface area contributed by atoms with Crippen LogP contribution in [0.1, 0.15) is 109 Å². The summed E-state index contributed by atoms with van der Waals surface area (Å²) in [6.07, 6.45) is 14.4. The second-order valence-electron chi connectivity index (χ2n) is 8.75. The Labute approximate surface area is 194 Å². The lowest BCUT2D eigenvalue weighted by molar-refractivity contribution is -0.147.